The molecular formula is C17H28N6S. The van der Waals surface area contributed by atoms with Crippen molar-refractivity contribution >= 4 is 17.3 Å². The zero-order valence-corrected chi connectivity index (χ0v) is 15.9. The molecule has 3 N–H and O–H groups in total. The summed E-state index contributed by atoms with van der Waals surface area (Å²) in [5.41, 5.74) is 3.57. The molecule has 2 rings (SSSR count). The third-order valence-electron chi connectivity index (χ3n) is 3.86. The van der Waals surface area contributed by atoms with Gasteiger partial charge in [-0.3, -0.25) is 10.1 Å². The Morgan fingerprint density at radius 3 is 2.71 bits per heavy atom. The molecule has 0 bridgehead atoms. The molecule has 0 fully saturated rings. The molecule has 0 aliphatic heterocycles. The molecule has 2 aromatic heterocycles. The summed E-state index contributed by atoms with van der Waals surface area (Å²) in [6.45, 7) is 10.8. The van der Waals surface area contributed by atoms with Crippen molar-refractivity contribution in [3.63, 3.8) is 0 Å². The van der Waals surface area contributed by atoms with E-state index in [0.717, 1.165) is 56.2 Å². The first-order chi connectivity index (χ1) is 11.6. The molecule has 0 amide bonds. The molecule has 24 heavy (non-hydrogen) atoms. The van der Waals surface area contributed by atoms with Gasteiger partial charge in [-0.25, -0.2) is 4.98 Å². The first-order valence-corrected chi connectivity index (χ1v) is 9.35. The number of hydrogen-bond acceptors (Lipinski definition) is 4. The summed E-state index contributed by atoms with van der Waals surface area (Å²) in [4.78, 5) is 10.5. The lowest BCUT2D eigenvalue weighted by atomic mass is 10.1. The van der Waals surface area contributed by atoms with Gasteiger partial charge < -0.3 is 10.6 Å². The summed E-state index contributed by atoms with van der Waals surface area (Å²) in [6, 6.07) is 0. The van der Waals surface area contributed by atoms with E-state index in [4.69, 9.17) is 0 Å². The van der Waals surface area contributed by atoms with E-state index < -0.39 is 0 Å². The molecule has 0 spiro atoms. The molecule has 0 saturated heterocycles. The highest BCUT2D eigenvalue weighted by Crippen LogP contribution is 2.16. The van der Waals surface area contributed by atoms with E-state index in [9.17, 15) is 0 Å². The lowest BCUT2D eigenvalue weighted by Gasteiger charge is -2.10. The molecule has 0 atom stereocenters. The van der Waals surface area contributed by atoms with Crippen LogP contribution in [0.15, 0.2) is 11.2 Å². The number of nitrogens with zero attached hydrogens (tertiary/aromatic N) is 3. The average molecular weight is 349 g/mol. The summed E-state index contributed by atoms with van der Waals surface area (Å²) < 4.78 is 0. The van der Waals surface area contributed by atoms with Crippen molar-refractivity contribution < 1.29 is 0 Å². The molecule has 6 nitrogen and oxygen atoms in total. The Hall–Kier alpha value is -1.89. The minimum Gasteiger partial charge on any atom is -0.357 e. The Kier molecular flexibility index (Phi) is 7.24. The fourth-order valence-electron chi connectivity index (χ4n) is 2.36. The average Bonchev–Trinajstić information content (AvgIpc) is 3.09. The number of aromatic amines is 1. The largest absolute Gasteiger partial charge is 0.357 e. The predicted molar refractivity (Wildman–Crippen MR) is 101 cm³/mol. The van der Waals surface area contributed by atoms with Gasteiger partial charge in [0.2, 0.25) is 0 Å². The molecule has 0 unspecified atom stereocenters. The van der Waals surface area contributed by atoms with Gasteiger partial charge in [0.15, 0.2) is 5.96 Å². The molecule has 132 valence electrons. The Labute approximate surface area is 148 Å². The summed E-state index contributed by atoms with van der Waals surface area (Å²) in [7, 11) is 0. The number of H-pyrrole nitrogens is 1. The van der Waals surface area contributed by atoms with E-state index in [1.165, 1.54) is 15.4 Å². The van der Waals surface area contributed by atoms with Crippen LogP contribution in [0.25, 0.3) is 0 Å². The smallest absolute Gasteiger partial charge is 0.191 e. The van der Waals surface area contributed by atoms with Crippen LogP contribution >= 0.6 is 11.3 Å². The highest BCUT2D eigenvalue weighted by atomic mass is 32.1. The van der Waals surface area contributed by atoms with Gasteiger partial charge in [0.25, 0.3) is 0 Å². The highest BCUT2D eigenvalue weighted by Gasteiger charge is 2.04. The van der Waals surface area contributed by atoms with Crippen LogP contribution in [0.2, 0.25) is 0 Å². The number of hydrogen-bond donors (Lipinski definition) is 3. The van der Waals surface area contributed by atoms with E-state index in [1.807, 2.05) is 6.20 Å². The molecule has 0 aliphatic rings. The fourth-order valence-corrected chi connectivity index (χ4v) is 3.30. The van der Waals surface area contributed by atoms with Gasteiger partial charge in [0, 0.05) is 36.6 Å². The van der Waals surface area contributed by atoms with Gasteiger partial charge in [0.05, 0.1) is 16.9 Å². The molecule has 7 heteroatoms. The number of rotatable bonds is 8. The predicted octanol–water partition coefficient (Wildman–Crippen LogP) is 2.52. The lowest BCUT2D eigenvalue weighted by Crippen LogP contribution is -2.38. The zero-order chi connectivity index (χ0) is 17.4. The second kappa shape index (κ2) is 9.42. The Balaban J connectivity index is 1.74. The van der Waals surface area contributed by atoms with Crippen LogP contribution in [0.3, 0.4) is 0 Å². The molecule has 0 radical (unpaired) electrons. The van der Waals surface area contributed by atoms with E-state index >= 15 is 0 Å². The van der Waals surface area contributed by atoms with E-state index in [0.29, 0.717) is 0 Å². The Morgan fingerprint density at radius 2 is 2.08 bits per heavy atom. The molecular weight excluding hydrogens is 320 g/mol. The SMILES string of the molecule is CCNC(=NCCCc1cn[nH]c1C)NCCc1nc(C)c(C)s1. The van der Waals surface area contributed by atoms with Crippen LogP contribution in [0.1, 0.15) is 40.2 Å². The summed E-state index contributed by atoms with van der Waals surface area (Å²) >= 11 is 1.78. The number of aryl methyl sites for hydroxylation is 4. The van der Waals surface area contributed by atoms with Crippen molar-refractivity contribution in [2.45, 2.75) is 47.0 Å². The van der Waals surface area contributed by atoms with Crippen LogP contribution < -0.4 is 10.6 Å². The molecule has 0 saturated carbocycles. The van der Waals surface area contributed by atoms with Crippen molar-refractivity contribution in [3.8, 4) is 0 Å². The fraction of sp³-hybridized carbons (Fsp3) is 0.588. The van der Waals surface area contributed by atoms with Gasteiger partial charge in [-0.1, -0.05) is 0 Å². The number of guanidine groups is 1. The molecule has 0 aromatic carbocycles. The first-order valence-electron chi connectivity index (χ1n) is 8.54. The van der Waals surface area contributed by atoms with Gasteiger partial charge in [0.1, 0.15) is 0 Å². The van der Waals surface area contributed by atoms with Gasteiger partial charge in [-0.2, -0.15) is 5.10 Å². The van der Waals surface area contributed by atoms with Crippen molar-refractivity contribution in [1.82, 2.24) is 25.8 Å². The second-order valence-corrected chi connectivity index (χ2v) is 7.10. The lowest BCUT2D eigenvalue weighted by molar-refractivity contribution is 0.773. The van der Waals surface area contributed by atoms with Crippen molar-refractivity contribution in [3.05, 3.63) is 33.0 Å². The molecule has 0 aliphatic carbocycles. The third kappa shape index (κ3) is 5.63. The monoisotopic (exact) mass is 348 g/mol. The third-order valence-corrected chi connectivity index (χ3v) is 4.99. The zero-order valence-electron chi connectivity index (χ0n) is 15.1. The van der Waals surface area contributed by atoms with Crippen LogP contribution in [0.4, 0.5) is 0 Å². The highest BCUT2D eigenvalue weighted by molar-refractivity contribution is 7.11. The molecule has 2 heterocycles. The first kappa shape index (κ1) is 18.4. The summed E-state index contributed by atoms with van der Waals surface area (Å²) in [5, 5.41) is 14.9. The summed E-state index contributed by atoms with van der Waals surface area (Å²) in [5.74, 6) is 0.881. The van der Waals surface area contributed by atoms with Gasteiger partial charge in [-0.05, 0) is 46.1 Å². The Morgan fingerprint density at radius 1 is 1.25 bits per heavy atom. The number of thiazole rings is 1. The van der Waals surface area contributed by atoms with Crippen LogP contribution in [0.5, 0.6) is 0 Å². The maximum atomic E-state index is 4.64. The van der Waals surface area contributed by atoms with E-state index in [-0.39, 0.29) is 0 Å². The van der Waals surface area contributed by atoms with Crippen molar-refractivity contribution in [2.75, 3.05) is 19.6 Å². The minimum atomic E-state index is 0.801. The van der Waals surface area contributed by atoms with E-state index in [2.05, 4.69) is 58.5 Å². The normalized spacial score (nSPS) is 11.8. The number of aromatic nitrogens is 3. The van der Waals surface area contributed by atoms with E-state index in [1.54, 1.807) is 11.3 Å². The van der Waals surface area contributed by atoms with Gasteiger partial charge >= 0.3 is 0 Å². The maximum Gasteiger partial charge on any atom is 0.191 e. The van der Waals surface area contributed by atoms with Crippen LogP contribution in [-0.2, 0) is 12.8 Å². The maximum absolute atomic E-state index is 4.64. The van der Waals surface area contributed by atoms with Crippen LogP contribution in [0, 0.1) is 20.8 Å². The quantitative estimate of drug-likeness (QED) is 0.389. The van der Waals surface area contributed by atoms with Crippen LogP contribution in [-0.4, -0.2) is 40.8 Å². The number of aliphatic imine (C=N–C) groups is 1. The Bertz CT molecular complexity index is 638. The standard InChI is InChI=1S/C17H28N6S/c1-5-18-17(19-9-6-7-15-11-21-23-13(15)3)20-10-8-16-22-12(2)14(4)24-16/h11H,5-10H2,1-4H3,(H,21,23)(H2,18,19,20). The van der Waals surface area contributed by atoms with Gasteiger partial charge in [-0.15, -0.1) is 11.3 Å². The molecule has 2 aromatic rings. The second-order valence-electron chi connectivity index (χ2n) is 5.81. The topological polar surface area (TPSA) is 78.0 Å². The van der Waals surface area contributed by atoms with Crippen molar-refractivity contribution in [2.24, 2.45) is 4.99 Å². The summed E-state index contributed by atoms with van der Waals surface area (Å²) in [6.07, 6.45) is 4.85. The van der Waals surface area contributed by atoms with Crippen molar-refractivity contribution in [1.29, 1.82) is 0 Å². The minimum absolute atomic E-state index is 0.801. The number of nitrogens with one attached hydrogen (secondary N) is 3.